The second-order valence-corrected chi connectivity index (χ2v) is 5.45. The minimum absolute atomic E-state index is 0.0655. The Labute approximate surface area is 125 Å². The summed E-state index contributed by atoms with van der Waals surface area (Å²) < 4.78 is 19.3. The molecule has 1 atom stereocenters. The number of nitrogens with one attached hydrogen (secondary N) is 2. The number of rotatable bonds is 9. The van der Waals surface area contributed by atoms with Gasteiger partial charge in [-0.1, -0.05) is 12.1 Å². The first-order valence-corrected chi connectivity index (χ1v) is 7.48. The van der Waals surface area contributed by atoms with Gasteiger partial charge in [0.25, 0.3) is 0 Å². The Morgan fingerprint density at radius 3 is 3.00 bits per heavy atom. The highest BCUT2D eigenvalue weighted by Crippen LogP contribution is 2.30. The second kappa shape index (κ2) is 8.00. The Kier molecular flexibility index (Phi) is 6.02. The molecule has 1 aromatic rings. The van der Waals surface area contributed by atoms with E-state index in [0.29, 0.717) is 18.3 Å². The lowest BCUT2D eigenvalue weighted by atomic mass is 10.1. The van der Waals surface area contributed by atoms with Gasteiger partial charge in [-0.3, -0.25) is 10.9 Å². The summed E-state index contributed by atoms with van der Waals surface area (Å²) in [5.74, 6) is 0.660. The average Bonchev–Trinajstić information content (AvgIpc) is 3.30. The Morgan fingerprint density at radius 1 is 1.48 bits per heavy atom. The third-order valence-corrected chi connectivity index (χ3v) is 3.52. The van der Waals surface area contributed by atoms with E-state index in [2.05, 4.69) is 10.9 Å². The molecule has 1 aromatic carbocycles. The number of hydrogen-bond acceptors (Lipinski definition) is 4. The van der Waals surface area contributed by atoms with E-state index in [0.717, 1.165) is 18.5 Å². The maximum atomic E-state index is 13.7. The maximum absolute atomic E-state index is 13.7. The van der Waals surface area contributed by atoms with E-state index in [-0.39, 0.29) is 11.9 Å². The van der Waals surface area contributed by atoms with Crippen molar-refractivity contribution in [2.45, 2.75) is 32.2 Å². The smallest absolute Gasteiger partial charge is 0.165 e. The van der Waals surface area contributed by atoms with Crippen LogP contribution >= 0.6 is 0 Å². The van der Waals surface area contributed by atoms with E-state index < -0.39 is 0 Å². The van der Waals surface area contributed by atoms with Crippen molar-refractivity contribution in [3.63, 3.8) is 0 Å². The average molecular weight is 293 g/mol. The molecule has 1 fully saturated rings. The number of hydrazine groups is 1. The highest BCUT2D eigenvalue weighted by molar-refractivity contribution is 5.32. The topological polar surface area (TPSA) is 59.3 Å². The van der Waals surface area contributed by atoms with E-state index in [9.17, 15) is 4.39 Å². The van der Waals surface area contributed by atoms with E-state index in [1.165, 1.54) is 25.1 Å². The van der Waals surface area contributed by atoms with Crippen molar-refractivity contribution < 1.29 is 9.13 Å². The van der Waals surface area contributed by atoms with Crippen LogP contribution < -0.4 is 21.3 Å². The van der Waals surface area contributed by atoms with E-state index in [1.807, 2.05) is 13.0 Å². The third-order valence-electron chi connectivity index (χ3n) is 3.52. The molecule has 0 heterocycles. The van der Waals surface area contributed by atoms with Gasteiger partial charge >= 0.3 is 0 Å². The zero-order valence-corrected chi connectivity index (χ0v) is 12.4. The van der Waals surface area contributed by atoms with Crippen LogP contribution in [0.15, 0.2) is 30.5 Å². The fraction of sp³-hybridized carbons (Fsp3) is 0.500. The summed E-state index contributed by atoms with van der Waals surface area (Å²) in [5, 5.41) is 0. The molecule has 4 nitrogen and oxygen atoms in total. The molecule has 0 spiro atoms. The first kappa shape index (κ1) is 15.8. The van der Waals surface area contributed by atoms with Crippen molar-refractivity contribution in [3.05, 3.63) is 41.9 Å². The zero-order valence-electron chi connectivity index (χ0n) is 12.4. The number of hydrogen-bond donors (Lipinski definition) is 3. The van der Waals surface area contributed by atoms with Gasteiger partial charge in [0, 0.05) is 12.6 Å². The predicted octanol–water partition coefficient (Wildman–Crippen LogP) is 2.63. The van der Waals surface area contributed by atoms with E-state index in [1.54, 1.807) is 12.1 Å². The SMILES string of the molecule is CC(NNCC/C=C\N)c1ccc(F)c(OCC2CC2)c1. The van der Waals surface area contributed by atoms with Gasteiger partial charge in [0.1, 0.15) is 0 Å². The Balaban J connectivity index is 1.84. The van der Waals surface area contributed by atoms with Crippen LogP contribution in [0.25, 0.3) is 0 Å². The lowest BCUT2D eigenvalue weighted by molar-refractivity contribution is 0.284. The van der Waals surface area contributed by atoms with E-state index >= 15 is 0 Å². The van der Waals surface area contributed by atoms with Gasteiger partial charge in [-0.2, -0.15) is 0 Å². The molecular weight excluding hydrogens is 269 g/mol. The molecule has 4 N–H and O–H groups in total. The van der Waals surface area contributed by atoms with Crippen molar-refractivity contribution in [3.8, 4) is 5.75 Å². The molecule has 0 aliphatic heterocycles. The van der Waals surface area contributed by atoms with Gasteiger partial charge in [0.05, 0.1) is 6.61 Å². The first-order valence-electron chi connectivity index (χ1n) is 7.48. The third kappa shape index (κ3) is 5.36. The van der Waals surface area contributed by atoms with Crippen molar-refractivity contribution in [1.29, 1.82) is 0 Å². The summed E-state index contributed by atoms with van der Waals surface area (Å²) in [5.41, 5.74) is 12.6. The molecule has 1 aliphatic carbocycles. The predicted molar refractivity (Wildman–Crippen MR) is 82.1 cm³/mol. The zero-order chi connectivity index (χ0) is 15.1. The van der Waals surface area contributed by atoms with Crippen molar-refractivity contribution in [1.82, 2.24) is 10.9 Å². The summed E-state index contributed by atoms with van der Waals surface area (Å²) in [4.78, 5) is 0. The molecule has 0 amide bonds. The number of halogens is 1. The van der Waals surface area contributed by atoms with Crippen LogP contribution in [-0.2, 0) is 0 Å². The Hall–Kier alpha value is -1.59. The van der Waals surface area contributed by atoms with Crippen LogP contribution in [-0.4, -0.2) is 13.2 Å². The van der Waals surface area contributed by atoms with Crippen LogP contribution in [0.3, 0.4) is 0 Å². The van der Waals surface area contributed by atoms with E-state index in [4.69, 9.17) is 10.5 Å². The van der Waals surface area contributed by atoms with Gasteiger partial charge in [0.2, 0.25) is 0 Å². The van der Waals surface area contributed by atoms with Gasteiger partial charge < -0.3 is 10.5 Å². The fourth-order valence-electron chi connectivity index (χ4n) is 1.95. The minimum Gasteiger partial charge on any atom is -0.490 e. The molecule has 0 aromatic heterocycles. The number of benzene rings is 1. The van der Waals surface area contributed by atoms with Gasteiger partial charge in [-0.05, 0) is 56.0 Å². The van der Waals surface area contributed by atoms with Gasteiger partial charge in [-0.15, -0.1) is 0 Å². The largest absolute Gasteiger partial charge is 0.490 e. The van der Waals surface area contributed by atoms with Crippen LogP contribution in [0.5, 0.6) is 5.75 Å². The summed E-state index contributed by atoms with van der Waals surface area (Å²) in [6.07, 6.45) is 6.67. The normalized spacial score (nSPS) is 16.3. The Bertz CT molecular complexity index is 475. The van der Waals surface area contributed by atoms with Crippen molar-refractivity contribution in [2.24, 2.45) is 11.7 Å². The first-order chi connectivity index (χ1) is 10.2. The minimum atomic E-state index is -0.298. The molecular formula is C16H24FN3O. The van der Waals surface area contributed by atoms with Gasteiger partial charge in [0.15, 0.2) is 11.6 Å². The van der Waals surface area contributed by atoms with Crippen LogP contribution in [0, 0.1) is 11.7 Å². The molecule has 1 saturated carbocycles. The molecule has 1 aliphatic rings. The summed E-state index contributed by atoms with van der Waals surface area (Å²) in [7, 11) is 0. The van der Waals surface area contributed by atoms with Crippen LogP contribution in [0.1, 0.15) is 37.8 Å². The number of ether oxygens (including phenoxy) is 1. The standard InChI is InChI=1S/C16H24FN3O/c1-12(20-19-9-3-2-8-18)14-6-7-15(17)16(10-14)21-11-13-4-5-13/h2,6-8,10,12-13,19-20H,3-5,9,11,18H2,1H3/b8-2-. The molecule has 21 heavy (non-hydrogen) atoms. The lowest BCUT2D eigenvalue weighted by Crippen LogP contribution is -2.34. The quantitative estimate of drug-likeness (QED) is 0.484. The van der Waals surface area contributed by atoms with Crippen LogP contribution in [0.4, 0.5) is 4.39 Å². The summed E-state index contributed by atoms with van der Waals surface area (Å²) >= 11 is 0. The number of nitrogens with two attached hydrogens (primary N) is 1. The molecule has 1 unspecified atom stereocenters. The fourth-order valence-corrected chi connectivity index (χ4v) is 1.95. The molecule has 116 valence electrons. The molecule has 0 saturated heterocycles. The summed E-state index contributed by atoms with van der Waals surface area (Å²) in [6.45, 7) is 3.42. The molecule has 0 bridgehead atoms. The lowest BCUT2D eigenvalue weighted by Gasteiger charge is -2.16. The maximum Gasteiger partial charge on any atom is 0.165 e. The highest BCUT2D eigenvalue weighted by Gasteiger charge is 2.22. The molecule has 2 rings (SSSR count). The van der Waals surface area contributed by atoms with Crippen LogP contribution in [0.2, 0.25) is 0 Å². The van der Waals surface area contributed by atoms with Crippen molar-refractivity contribution in [2.75, 3.05) is 13.2 Å². The van der Waals surface area contributed by atoms with Gasteiger partial charge in [-0.25, -0.2) is 4.39 Å². The second-order valence-electron chi connectivity index (χ2n) is 5.45. The molecule has 0 radical (unpaired) electrons. The summed E-state index contributed by atoms with van der Waals surface area (Å²) in [6, 6.07) is 5.08. The molecule has 5 heteroatoms. The van der Waals surface area contributed by atoms with Crippen molar-refractivity contribution >= 4 is 0 Å². The Morgan fingerprint density at radius 2 is 2.29 bits per heavy atom. The highest BCUT2D eigenvalue weighted by atomic mass is 19.1. The monoisotopic (exact) mass is 293 g/mol.